The molecule has 24 heavy (non-hydrogen) atoms. The lowest BCUT2D eigenvalue weighted by Crippen LogP contribution is -2.55. The number of nitrogens with zero attached hydrogens (tertiary/aromatic N) is 2. The number of carbonyl (C=O) groups is 1. The van der Waals surface area contributed by atoms with Crippen LogP contribution in [0.25, 0.3) is 0 Å². The summed E-state index contributed by atoms with van der Waals surface area (Å²) in [6, 6.07) is 6.39. The summed E-state index contributed by atoms with van der Waals surface area (Å²) < 4.78 is 0. The van der Waals surface area contributed by atoms with Gasteiger partial charge in [0.05, 0.1) is 5.92 Å². The second kappa shape index (κ2) is 7.09. The van der Waals surface area contributed by atoms with E-state index in [0.29, 0.717) is 0 Å². The number of aryl methyl sites for hydroxylation is 1. The highest BCUT2D eigenvalue weighted by Crippen LogP contribution is 2.32. The lowest BCUT2D eigenvalue weighted by atomic mass is 9.74. The predicted octanol–water partition coefficient (Wildman–Crippen LogP) is 2.38. The van der Waals surface area contributed by atoms with Gasteiger partial charge in [0.25, 0.3) is 0 Å². The van der Waals surface area contributed by atoms with Crippen LogP contribution in [0, 0.1) is 12.8 Å². The molecule has 1 aliphatic heterocycles. The first-order valence-corrected chi connectivity index (χ1v) is 9.23. The SMILES string of the molecule is Cc1cccc(N2CCC(NC(=O)C3CCCCC3(C)N)CC2)n1. The van der Waals surface area contributed by atoms with E-state index >= 15 is 0 Å². The second-order valence-corrected chi connectivity index (χ2v) is 7.71. The Bertz CT molecular complexity index is 578. The van der Waals surface area contributed by atoms with E-state index in [1.165, 1.54) is 0 Å². The third-order valence-corrected chi connectivity index (χ3v) is 5.61. The van der Waals surface area contributed by atoms with Crippen LogP contribution in [0.2, 0.25) is 0 Å². The molecule has 2 atom stereocenters. The molecule has 0 bridgehead atoms. The van der Waals surface area contributed by atoms with Gasteiger partial charge < -0.3 is 16.0 Å². The summed E-state index contributed by atoms with van der Waals surface area (Å²) in [5.41, 5.74) is 7.05. The van der Waals surface area contributed by atoms with E-state index in [1.54, 1.807) is 0 Å². The molecule has 1 saturated carbocycles. The van der Waals surface area contributed by atoms with E-state index in [2.05, 4.69) is 27.3 Å². The highest BCUT2D eigenvalue weighted by Gasteiger charge is 2.38. The average molecular weight is 330 g/mol. The number of hydrogen-bond donors (Lipinski definition) is 2. The number of hydrogen-bond acceptors (Lipinski definition) is 4. The van der Waals surface area contributed by atoms with Gasteiger partial charge in [-0.1, -0.05) is 18.9 Å². The molecule has 1 amide bonds. The third-order valence-electron chi connectivity index (χ3n) is 5.61. The number of pyridine rings is 1. The normalized spacial score (nSPS) is 28.6. The summed E-state index contributed by atoms with van der Waals surface area (Å²) in [5, 5.41) is 3.26. The molecular formula is C19H30N4O. The topological polar surface area (TPSA) is 71.2 Å². The van der Waals surface area contributed by atoms with Gasteiger partial charge in [-0.25, -0.2) is 4.98 Å². The molecule has 1 saturated heterocycles. The molecule has 132 valence electrons. The van der Waals surface area contributed by atoms with Crippen molar-refractivity contribution in [2.45, 2.75) is 64.0 Å². The van der Waals surface area contributed by atoms with Crippen molar-refractivity contribution in [1.82, 2.24) is 10.3 Å². The average Bonchev–Trinajstić information content (AvgIpc) is 2.55. The largest absolute Gasteiger partial charge is 0.356 e. The van der Waals surface area contributed by atoms with Crippen molar-refractivity contribution in [2.75, 3.05) is 18.0 Å². The number of anilines is 1. The highest BCUT2D eigenvalue weighted by atomic mass is 16.2. The maximum atomic E-state index is 12.7. The Hall–Kier alpha value is -1.62. The van der Waals surface area contributed by atoms with Crippen molar-refractivity contribution in [1.29, 1.82) is 0 Å². The van der Waals surface area contributed by atoms with Crippen LogP contribution in [0.15, 0.2) is 18.2 Å². The monoisotopic (exact) mass is 330 g/mol. The van der Waals surface area contributed by atoms with Gasteiger partial charge in [0.1, 0.15) is 5.82 Å². The maximum Gasteiger partial charge on any atom is 0.225 e. The molecule has 2 fully saturated rings. The summed E-state index contributed by atoms with van der Waals surface area (Å²) in [6.45, 7) is 5.92. The van der Waals surface area contributed by atoms with Crippen molar-refractivity contribution in [3.8, 4) is 0 Å². The van der Waals surface area contributed by atoms with Crippen LogP contribution in [0.4, 0.5) is 5.82 Å². The van der Waals surface area contributed by atoms with Gasteiger partial charge in [0.2, 0.25) is 5.91 Å². The lowest BCUT2D eigenvalue weighted by Gasteiger charge is -2.39. The Labute approximate surface area is 145 Å². The molecule has 2 unspecified atom stereocenters. The van der Waals surface area contributed by atoms with Gasteiger partial charge in [-0.2, -0.15) is 0 Å². The van der Waals surface area contributed by atoms with Crippen molar-refractivity contribution in [2.24, 2.45) is 11.7 Å². The molecule has 5 heteroatoms. The maximum absolute atomic E-state index is 12.7. The molecule has 3 N–H and O–H groups in total. The van der Waals surface area contributed by atoms with Crippen LogP contribution < -0.4 is 16.0 Å². The summed E-state index contributed by atoms with van der Waals surface area (Å²) in [5.74, 6) is 1.16. The zero-order valence-electron chi connectivity index (χ0n) is 14.9. The van der Waals surface area contributed by atoms with Gasteiger partial charge in [-0.15, -0.1) is 0 Å². The Morgan fingerprint density at radius 2 is 2.04 bits per heavy atom. The van der Waals surface area contributed by atoms with Crippen molar-refractivity contribution in [3.63, 3.8) is 0 Å². The zero-order chi connectivity index (χ0) is 17.2. The fourth-order valence-corrected chi connectivity index (χ4v) is 4.05. The summed E-state index contributed by atoms with van der Waals surface area (Å²) in [4.78, 5) is 19.6. The molecule has 1 aromatic heterocycles. The Morgan fingerprint density at radius 3 is 2.71 bits per heavy atom. The summed E-state index contributed by atoms with van der Waals surface area (Å²) in [6.07, 6.45) is 6.05. The van der Waals surface area contributed by atoms with Crippen LogP contribution in [-0.4, -0.2) is 35.6 Å². The molecule has 0 aromatic carbocycles. The molecule has 1 aromatic rings. The smallest absolute Gasteiger partial charge is 0.225 e. The number of nitrogens with two attached hydrogens (primary N) is 1. The standard InChI is InChI=1S/C19H30N4O/c1-14-6-5-8-17(21-14)23-12-9-15(10-13-23)22-18(24)16-7-3-4-11-19(16,2)20/h5-6,8,15-16H,3-4,7,9-13,20H2,1-2H3,(H,22,24). The first kappa shape index (κ1) is 17.2. The molecule has 5 nitrogen and oxygen atoms in total. The number of amides is 1. The molecule has 2 aliphatic rings. The highest BCUT2D eigenvalue weighted by molar-refractivity contribution is 5.80. The molecule has 0 radical (unpaired) electrons. The lowest BCUT2D eigenvalue weighted by molar-refractivity contribution is -0.129. The summed E-state index contributed by atoms with van der Waals surface area (Å²) >= 11 is 0. The molecular weight excluding hydrogens is 300 g/mol. The molecule has 1 aliphatic carbocycles. The van der Waals surface area contributed by atoms with E-state index < -0.39 is 0 Å². The first-order valence-electron chi connectivity index (χ1n) is 9.23. The van der Waals surface area contributed by atoms with Crippen molar-refractivity contribution in [3.05, 3.63) is 23.9 Å². The fourth-order valence-electron chi connectivity index (χ4n) is 4.05. The van der Waals surface area contributed by atoms with Gasteiger partial charge in [-0.05, 0) is 51.7 Å². The van der Waals surface area contributed by atoms with Crippen LogP contribution in [0.5, 0.6) is 0 Å². The zero-order valence-corrected chi connectivity index (χ0v) is 14.9. The Morgan fingerprint density at radius 1 is 1.29 bits per heavy atom. The van der Waals surface area contributed by atoms with E-state index in [4.69, 9.17) is 5.73 Å². The van der Waals surface area contributed by atoms with Gasteiger partial charge in [0.15, 0.2) is 0 Å². The van der Waals surface area contributed by atoms with E-state index in [9.17, 15) is 4.79 Å². The minimum Gasteiger partial charge on any atom is -0.356 e. The number of nitrogens with one attached hydrogen (secondary N) is 1. The van der Waals surface area contributed by atoms with E-state index in [1.807, 2.05) is 19.9 Å². The fraction of sp³-hybridized carbons (Fsp3) is 0.684. The minimum absolute atomic E-state index is 0.0391. The third kappa shape index (κ3) is 3.89. The first-order chi connectivity index (χ1) is 11.5. The minimum atomic E-state index is -0.353. The second-order valence-electron chi connectivity index (χ2n) is 7.71. The molecule has 2 heterocycles. The number of rotatable bonds is 3. The van der Waals surface area contributed by atoms with Crippen LogP contribution >= 0.6 is 0 Å². The van der Waals surface area contributed by atoms with Gasteiger partial charge in [-0.3, -0.25) is 4.79 Å². The van der Waals surface area contributed by atoms with Crippen molar-refractivity contribution >= 4 is 11.7 Å². The van der Waals surface area contributed by atoms with Gasteiger partial charge in [0, 0.05) is 30.4 Å². The van der Waals surface area contributed by atoms with E-state index in [-0.39, 0.29) is 23.4 Å². The molecule has 3 rings (SSSR count). The molecule has 0 spiro atoms. The van der Waals surface area contributed by atoms with Gasteiger partial charge >= 0.3 is 0 Å². The summed E-state index contributed by atoms with van der Waals surface area (Å²) in [7, 11) is 0. The van der Waals surface area contributed by atoms with Crippen LogP contribution in [0.3, 0.4) is 0 Å². The number of carbonyl (C=O) groups excluding carboxylic acids is 1. The quantitative estimate of drug-likeness (QED) is 0.892. The van der Waals surface area contributed by atoms with E-state index in [0.717, 1.165) is 63.1 Å². The van der Waals surface area contributed by atoms with Crippen LogP contribution in [0.1, 0.15) is 51.1 Å². The van der Waals surface area contributed by atoms with Crippen LogP contribution in [-0.2, 0) is 4.79 Å². The Balaban J connectivity index is 1.53. The Kier molecular flexibility index (Phi) is 5.09. The van der Waals surface area contributed by atoms with Crippen molar-refractivity contribution < 1.29 is 4.79 Å². The number of aromatic nitrogens is 1. The predicted molar refractivity (Wildman–Crippen MR) is 96.9 cm³/mol. The number of piperidine rings is 1.